The van der Waals surface area contributed by atoms with Crippen LogP contribution in [-0.2, 0) is 4.74 Å². The van der Waals surface area contributed by atoms with Gasteiger partial charge in [0.2, 0.25) is 0 Å². The van der Waals surface area contributed by atoms with Crippen molar-refractivity contribution < 1.29 is 9.47 Å². The second-order valence-corrected chi connectivity index (χ2v) is 3.54. The van der Waals surface area contributed by atoms with Crippen LogP contribution in [0.15, 0.2) is 24.3 Å². The van der Waals surface area contributed by atoms with E-state index in [4.69, 9.17) is 14.7 Å². The Labute approximate surface area is 101 Å². The van der Waals surface area contributed by atoms with Gasteiger partial charge in [0.25, 0.3) is 0 Å². The summed E-state index contributed by atoms with van der Waals surface area (Å²) in [5, 5.41) is 8.89. The van der Waals surface area contributed by atoms with Crippen LogP contribution in [0.4, 0.5) is 0 Å². The molecule has 1 aliphatic heterocycles. The number of halogens is 1. The van der Waals surface area contributed by atoms with Gasteiger partial charge in [-0.15, -0.1) is 12.4 Å². The first kappa shape index (κ1) is 12.8. The largest absolute Gasteiger partial charge is 0.489 e. The first-order chi connectivity index (χ1) is 7.40. The summed E-state index contributed by atoms with van der Waals surface area (Å²) in [6, 6.07) is 9.47. The zero-order chi connectivity index (χ0) is 10.5. The van der Waals surface area contributed by atoms with Gasteiger partial charge in [0.05, 0.1) is 18.8 Å². The highest BCUT2D eigenvalue weighted by atomic mass is 35.5. The Bertz CT molecular complexity index is 370. The fourth-order valence-corrected chi connectivity index (χ4v) is 1.64. The first-order valence-corrected chi connectivity index (χ1v) is 5.13. The van der Waals surface area contributed by atoms with Gasteiger partial charge >= 0.3 is 0 Å². The molecule has 0 aromatic heterocycles. The van der Waals surface area contributed by atoms with Gasteiger partial charge < -0.3 is 9.47 Å². The van der Waals surface area contributed by atoms with Crippen molar-refractivity contribution in [2.75, 3.05) is 13.2 Å². The lowest BCUT2D eigenvalue weighted by molar-refractivity contribution is 0.0254. The molecule has 16 heavy (non-hydrogen) atoms. The van der Waals surface area contributed by atoms with Crippen LogP contribution < -0.4 is 4.74 Å². The lowest BCUT2D eigenvalue weighted by Crippen LogP contribution is -2.26. The van der Waals surface area contributed by atoms with Crippen molar-refractivity contribution in [3.05, 3.63) is 29.8 Å². The van der Waals surface area contributed by atoms with Crippen molar-refractivity contribution in [3.8, 4) is 11.8 Å². The average Bonchev–Trinajstić information content (AvgIpc) is 2.31. The number of hydrogen-bond donors (Lipinski definition) is 0. The third-order valence-corrected chi connectivity index (χ3v) is 2.47. The molecule has 0 unspecified atom stereocenters. The van der Waals surface area contributed by atoms with Crippen molar-refractivity contribution in [2.24, 2.45) is 0 Å². The number of rotatable bonds is 2. The molecule has 0 amide bonds. The van der Waals surface area contributed by atoms with Crippen LogP contribution in [0, 0.1) is 11.3 Å². The van der Waals surface area contributed by atoms with E-state index >= 15 is 0 Å². The molecule has 1 aliphatic rings. The number of ether oxygens (including phenoxy) is 2. The van der Waals surface area contributed by atoms with Gasteiger partial charge in [0.15, 0.2) is 0 Å². The van der Waals surface area contributed by atoms with E-state index in [2.05, 4.69) is 6.07 Å². The predicted molar refractivity (Wildman–Crippen MR) is 62.9 cm³/mol. The van der Waals surface area contributed by atoms with Gasteiger partial charge in [-0.3, -0.25) is 0 Å². The summed E-state index contributed by atoms with van der Waals surface area (Å²) in [6.45, 7) is 1.50. The van der Waals surface area contributed by atoms with E-state index in [1.807, 2.05) is 18.2 Å². The maximum absolute atomic E-state index is 8.89. The van der Waals surface area contributed by atoms with E-state index in [-0.39, 0.29) is 18.5 Å². The smallest absolute Gasteiger partial charge is 0.137 e. The molecule has 0 spiro atoms. The van der Waals surface area contributed by atoms with E-state index < -0.39 is 0 Å². The van der Waals surface area contributed by atoms with Crippen LogP contribution in [-0.4, -0.2) is 19.3 Å². The number of para-hydroxylation sites is 1. The highest BCUT2D eigenvalue weighted by molar-refractivity contribution is 5.85. The van der Waals surface area contributed by atoms with Crippen LogP contribution in [0.2, 0.25) is 0 Å². The molecule has 3 nitrogen and oxygen atoms in total. The van der Waals surface area contributed by atoms with E-state index in [1.54, 1.807) is 6.07 Å². The van der Waals surface area contributed by atoms with Crippen molar-refractivity contribution in [3.63, 3.8) is 0 Å². The quantitative estimate of drug-likeness (QED) is 0.797. The fourth-order valence-electron chi connectivity index (χ4n) is 1.64. The maximum atomic E-state index is 8.89. The van der Waals surface area contributed by atoms with E-state index in [0.717, 1.165) is 26.1 Å². The molecule has 1 fully saturated rings. The Morgan fingerprint density at radius 2 is 1.94 bits per heavy atom. The summed E-state index contributed by atoms with van der Waals surface area (Å²) in [4.78, 5) is 0. The Morgan fingerprint density at radius 1 is 1.25 bits per heavy atom. The number of nitriles is 1. The van der Waals surface area contributed by atoms with Crippen LogP contribution in [0.25, 0.3) is 0 Å². The highest BCUT2D eigenvalue weighted by Gasteiger charge is 2.16. The molecular formula is C12H14ClNO2. The van der Waals surface area contributed by atoms with E-state index in [0.29, 0.717) is 11.3 Å². The van der Waals surface area contributed by atoms with Gasteiger partial charge in [0.1, 0.15) is 17.9 Å². The minimum atomic E-state index is 0. The lowest BCUT2D eigenvalue weighted by atomic mass is 10.1. The zero-order valence-electron chi connectivity index (χ0n) is 8.89. The molecule has 4 heteroatoms. The summed E-state index contributed by atoms with van der Waals surface area (Å²) in [5.74, 6) is 0.687. The average molecular weight is 240 g/mol. The van der Waals surface area contributed by atoms with Crippen molar-refractivity contribution in [1.82, 2.24) is 0 Å². The number of nitrogens with zero attached hydrogens (tertiary/aromatic N) is 1. The summed E-state index contributed by atoms with van der Waals surface area (Å²) < 4.78 is 11.0. The predicted octanol–water partition coefficient (Wildman–Crippen LogP) is 2.54. The summed E-state index contributed by atoms with van der Waals surface area (Å²) in [6.07, 6.45) is 1.99. The summed E-state index contributed by atoms with van der Waals surface area (Å²) in [7, 11) is 0. The second-order valence-electron chi connectivity index (χ2n) is 3.54. The molecule has 86 valence electrons. The molecule has 0 saturated carbocycles. The normalized spacial score (nSPS) is 15.9. The standard InChI is InChI=1S/C12H13NO2.ClH/c13-9-10-3-1-2-4-12(10)15-11-5-7-14-8-6-11;/h1-4,11H,5-8H2;1H. The van der Waals surface area contributed by atoms with Crippen LogP contribution in [0.1, 0.15) is 18.4 Å². The first-order valence-electron chi connectivity index (χ1n) is 5.13. The van der Waals surface area contributed by atoms with Gasteiger partial charge in [-0.1, -0.05) is 12.1 Å². The van der Waals surface area contributed by atoms with Gasteiger partial charge in [-0.05, 0) is 12.1 Å². The Balaban J connectivity index is 0.00000128. The molecule has 0 bridgehead atoms. The minimum absolute atomic E-state index is 0. The van der Waals surface area contributed by atoms with Gasteiger partial charge in [-0.2, -0.15) is 5.26 Å². The molecule has 0 N–H and O–H groups in total. The highest BCUT2D eigenvalue weighted by Crippen LogP contribution is 2.21. The molecule has 1 heterocycles. The molecule has 2 rings (SSSR count). The molecule has 1 saturated heterocycles. The van der Waals surface area contributed by atoms with Crippen molar-refractivity contribution in [1.29, 1.82) is 5.26 Å². The Kier molecular flexibility index (Phi) is 5.10. The molecule has 0 radical (unpaired) electrons. The Morgan fingerprint density at radius 3 is 2.62 bits per heavy atom. The third-order valence-electron chi connectivity index (χ3n) is 2.47. The Hall–Kier alpha value is -1.24. The van der Waals surface area contributed by atoms with Gasteiger partial charge in [-0.25, -0.2) is 0 Å². The molecule has 1 aromatic carbocycles. The second kappa shape index (κ2) is 6.37. The fraction of sp³-hybridized carbons (Fsp3) is 0.417. The van der Waals surface area contributed by atoms with E-state index in [9.17, 15) is 0 Å². The van der Waals surface area contributed by atoms with Crippen LogP contribution in [0.5, 0.6) is 5.75 Å². The molecular weight excluding hydrogens is 226 g/mol. The molecule has 0 atom stereocenters. The topological polar surface area (TPSA) is 42.2 Å². The van der Waals surface area contributed by atoms with E-state index in [1.165, 1.54) is 0 Å². The molecule has 0 aliphatic carbocycles. The lowest BCUT2D eigenvalue weighted by Gasteiger charge is -2.23. The SMILES string of the molecule is Cl.N#Cc1ccccc1OC1CCOCC1. The maximum Gasteiger partial charge on any atom is 0.137 e. The van der Waals surface area contributed by atoms with Crippen LogP contribution in [0.3, 0.4) is 0 Å². The third kappa shape index (κ3) is 3.13. The minimum Gasteiger partial charge on any atom is -0.489 e. The number of hydrogen-bond acceptors (Lipinski definition) is 3. The summed E-state index contributed by atoms with van der Waals surface area (Å²) >= 11 is 0. The molecule has 1 aromatic rings. The summed E-state index contributed by atoms with van der Waals surface area (Å²) in [5.41, 5.74) is 0.601. The van der Waals surface area contributed by atoms with Crippen molar-refractivity contribution >= 4 is 12.4 Å². The monoisotopic (exact) mass is 239 g/mol. The van der Waals surface area contributed by atoms with Gasteiger partial charge in [0, 0.05) is 12.8 Å². The van der Waals surface area contributed by atoms with Crippen LogP contribution >= 0.6 is 12.4 Å². The number of benzene rings is 1. The van der Waals surface area contributed by atoms with Crippen molar-refractivity contribution in [2.45, 2.75) is 18.9 Å². The zero-order valence-corrected chi connectivity index (χ0v) is 9.70.